The van der Waals surface area contributed by atoms with Crippen LogP contribution in [0.3, 0.4) is 0 Å². The van der Waals surface area contributed by atoms with E-state index in [0.29, 0.717) is 12.3 Å². The van der Waals surface area contributed by atoms with Crippen molar-refractivity contribution in [3.05, 3.63) is 52.8 Å². The number of aromatic nitrogens is 2. The molecule has 0 radical (unpaired) electrons. The first-order valence-electron chi connectivity index (χ1n) is 8.75. The van der Waals surface area contributed by atoms with Crippen LogP contribution in [0.25, 0.3) is 0 Å². The summed E-state index contributed by atoms with van der Waals surface area (Å²) in [5.74, 6) is 0.646. The predicted molar refractivity (Wildman–Crippen MR) is 97.9 cm³/mol. The topological polar surface area (TPSA) is 46.9 Å². The number of nitrogens with one attached hydrogen (secondary N) is 1. The molecule has 1 N–H and O–H groups in total. The van der Waals surface area contributed by atoms with Gasteiger partial charge in [0.25, 0.3) is 0 Å². The molecule has 4 heteroatoms. The molecule has 0 saturated carbocycles. The number of nitrogens with zero attached hydrogens (tertiary/aromatic N) is 2. The molecule has 130 valence electrons. The van der Waals surface area contributed by atoms with Crippen molar-refractivity contribution in [3.63, 3.8) is 0 Å². The number of aryl methyl sites for hydroxylation is 1. The Labute approximate surface area is 145 Å². The van der Waals surface area contributed by atoms with Gasteiger partial charge in [-0.25, -0.2) is 0 Å². The first-order chi connectivity index (χ1) is 11.4. The SMILES string of the molecule is Cc1nn(CC(C)C)c(C)c1CCC(=O)N[C@@H](C)c1ccccc1. The van der Waals surface area contributed by atoms with E-state index < -0.39 is 0 Å². The van der Waals surface area contributed by atoms with Crippen molar-refractivity contribution in [3.8, 4) is 0 Å². The van der Waals surface area contributed by atoms with E-state index in [1.807, 2.05) is 44.2 Å². The second-order valence-electron chi connectivity index (χ2n) is 6.93. The Morgan fingerprint density at radius 1 is 1.17 bits per heavy atom. The monoisotopic (exact) mass is 327 g/mol. The number of hydrogen-bond donors (Lipinski definition) is 1. The minimum atomic E-state index is 0.0320. The smallest absolute Gasteiger partial charge is 0.220 e. The van der Waals surface area contributed by atoms with Crippen LogP contribution in [0.5, 0.6) is 0 Å². The molecule has 24 heavy (non-hydrogen) atoms. The maximum atomic E-state index is 12.3. The quantitative estimate of drug-likeness (QED) is 0.836. The first kappa shape index (κ1) is 18.2. The zero-order valence-corrected chi connectivity index (χ0v) is 15.5. The van der Waals surface area contributed by atoms with Gasteiger partial charge in [-0.1, -0.05) is 44.2 Å². The van der Waals surface area contributed by atoms with E-state index in [1.165, 1.54) is 11.3 Å². The molecule has 2 rings (SSSR count). The van der Waals surface area contributed by atoms with Gasteiger partial charge in [-0.2, -0.15) is 5.10 Å². The summed E-state index contributed by atoms with van der Waals surface area (Å²) >= 11 is 0. The third-order valence-corrected chi connectivity index (χ3v) is 4.35. The van der Waals surface area contributed by atoms with Crippen LogP contribution in [0.15, 0.2) is 30.3 Å². The van der Waals surface area contributed by atoms with Gasteiger partial charge in [0.1, 0.15) is 0 Å². The van der Waals surface area contributed by atoms with Crippen molar-refractivity contribution < 1.29 is 4.79 Å². The van der Waals surface area contributed by atoms with Crippen molar-refractivity contribution in [1.29, 1.82) is 0 Å². The summed E-state index contributed by atoms with van der Waals surface area (Å²) in [6, 6.07) is 10.1. The Morgan fingerprint density at radius 3 is 2.46 bits per heavy atom. The Kier molecular flexibility index (Phi) is 6.18. The van der Waals surface area contributed by atoms with Crippen LogP contribution in [0.2, 0.25) is 0 Å². The molecule has 0 spiro atoms. The molecule has 1 heterocycles. The van der Waals surface area contributed by atoms with Gasteiger partial charge in [0, 0.05) is 18.7 Å². The first-order valence-corrected chi connectivity index (χ1v) is 8.75. The van der Waals surface area contributed by atoms with E-state index in [0.717, 1.165) is 24.2 Å². The second kappa shape index (κ2) is 8.13. The summed E-state index contributed by atoms with van der Waals surface area (Å²) < 4.78 is 2.07. The Morgan fingerprint density at radius 2 is 1.83 bits per heavy atom. The van der Waals surface area contributed by atoms with Crippen LogP contribution >= 0.6 is 0 Å². The summed E-state index contributed by atoms with van der Waals surface area (Å²) in [7, 11) is 0. The second-order valence-corrected chi connectivity index (χ2v) is 6.93. The Hall–Kier alpha value is -2.10. The number of amides is 1. The predicted octanol–water partition coefficient (Wildman–Crippen LogP) is 3.97. The zero-order valence-electron chi connectivity index (χ0n) is 15.5. The van der Waals surface area contributed by atoms with E-state index in [2.05, 4.69) is 35.9 Å². The molecule has 0 fully saturated rings. The highest BCUT2D eigenvalue weighted by molar-refractivity contribution is 5.76. The summed E-state index contributed by atoms with van der Waals surface area (Å²) in [5.41, 5.74) is 4.56. The van der Waals surface area contributed by atoms with Crippen molar-refractivity contribution >= 4 is 5.91 Å². The maximum absolute atomic E-state index is 12.3. The van der Waals surface area contributed by atoms with Crippen LogP contribution in [-0.2, 0) is 17.8 Å². The third-order valence-electron chi connectivity index (χ3n) is 4.35. The van der Waals surface area contributed by atoms with Gasteiger partial charge in [-0.15, -0.1) is 0 Å². The molecule has 0 unspecified atom stereocenters. The molecule has 0 aliphatic carbocycles. The summed E-state index contributed by atoms with van der Waals surface area (Å²) in [4.78, 5) is 12.3. The lowest BCUT2D eigenvalue weighted by Gasteiger charge is -2.14. The normalized spacial score (nSPS) is 12.4. The van der Waals surface area contributed by atoms with Crippen molar-refractivity contribution in [2.75, 3.05) is 0 Å². The van der Waals surface area contributed by atoms with Gasteiger partial charge in [0.2, 0.25) is 5.91 Å². The average molecular weight is 327 g/mol. The lowest BCUT2D eigenvalue weighted by Crippen LogP contribution is -2.26. The van der Waals surface area contributed by atoms with E-state index >= 15 is 0 Å². The maximum Gasteiger partial charge on any atom is 0.220 e. The van der Waals surface area contributed by atoms with Crippen molar-refractivity contribution in [2.45, 2.75) is 60.0 Å². The highest BCUT2D eigenvalue weighted by Gasteiger charge is 2.15. The molecule has 1 aromatic carbocycles. The van der Waals surface area contributed by atoms with E-state index in [-0.39, 0.29) is 11.9 Å². The fourth-order valence-corrected chi connectivity index (χ4v) is 3.00. The van der Waals surface area contributed by atoms with Gasteiger partial charge >= 0.3 is 0 Å². The standard InChI is InChI=1S/C20H29N3O/c1-14(2)13-23-17(5)19(16(4)22-23)11-12-20(24)21-15(3)18-9-7-6-8-10-18/h6-10,14-15H,11-13H2,1-5H3,(H,21,24)/t15-/m0/s1. The number of carbonyl (C=O) groups is 1. The largest absolute Gasteiger partial charge is 0.350 e. The summed E-state index contributed by atoms with van der Waals surface area (Å²) in [5, 5.41) is 7.70. The van der Waals surface area contributed by atoms with Gasteiger partial charge in [0.05, 0.1) is 11.7 Å². The minimum absolute atomic E-state index is 0.0320. The van der Waals surface area contributed by atoms with Gasteiger partial charge in [-0.3, -0.25) is 9.48 Å². The average Bonchev–Trinajstić information content (AvgIpc) is 2.79. The van der Waals surface area contributed by atoms with E-state index in [4.69, 9.17) is 0 Å². The van der Waals surface area contributed by atoms with E-state index in [1.54, 1.807) is 0 Å². The van der Waals surface area contributed by atoms with Crippen LogP contribution in [0, 0.1) is 19.8 Å². The van der Waals surface area contributed by atoms with Gasteiger partial charge < -0.3 is 5.32 Å². The number of hydrogen-bond acceptors (Lipinski definition) is 2. The molecule has 0 bridgehead atoms. The van der Waals surface area contributed by atoms with Crippen LogP contribution < -0.4 is 5.32 Å². The van der Waals surface area contributed by atoms with E-state index in [9.17, 15) is 4.79 Å². The number of carbonyl (C=O) groups excluding carboxylic acids is 1. The molecule has 1 atom stereocenters. The molecular formula is C20H29N3O. The van der Waals surface area contributed by atoms with Crippen LogP contribution in [0.4, 0.5) is 0 Å². The molecule has 2 aromatic rings. The highest BCUT2D eigenvalue weighted by Crippen LogP contribution is 2.17. The van der Waals surface area contributed by atoms with Crippen LogP contribution in [0.1, 0.15) is 55.7 Å². The Balaban J connectivity index is 1.93. The summed E-state index contributed by atoms with van der Waals surface area (Å²) in [6.45, 7) is 11.4. The number of benzene rings is 1. The molecule has 1 amide bonds. The van der Waals surface area contributed by atoms with Gasteiger partial charge in [-0.05, 0) is 44.2 Å². The zero-order chi connectivity index (χ0) is 17.7. The minimum Gasteiger partial charge on any atom is -0.350 e. The third kappa shape index (κ3) is 4.70. The molecule has 0 aliphatic heterocycles. The van der Waals surface area contributed by atoms with Crippen molar-refractivity contribution in [2.24, 2.45) is 5.92 Å². The summed E-state index contributed by atoms with van der Waals surface area (Å²) in [6.07, 6.45) is 1.23. The number of rotatable bonds is 7. The fourth-order valence-electron chi connectivity index (χ4n) is 3.00. The van der Waals surface area contributed by atoms with Crippen LogP contribution in [-0.4, -0.2) is 15.7 Å². The molecule has 1 aromatic heterocycles. The molecule has 4 nitrogen and oxygen atoms in total. The highest BCUT2D eigenvalue weighted by atomic mass is 16.1. The lowest BCUT2D eigenvalue weighted by molar-refractivity contribution is -0.121. The molecular weight excluding hydrogens is 298 g/mol. The molecule has 0 aliphatic rings. The lowest BCUT2D eigenvalue weighted by atomic mass is 10.1. The molecule has 0 saturated heterocycles. The van der Waals surface area contributed by atoms with Crippen molar-refractivity contribution in [1.82, 2.24) is 15.1 Å². The fraction of sp³-hybridized carbons (Fsp3) is 0.500. The Bertz CT molecular complexity index is 674. The van der Waals surface area contributed by atoms with Gasteiger partial charge in [0.15, 0.2) is 0 Å².